The van der Waals surface area contributed by atoms with Crippen LogP contribution in [0.5, 0.6) is 0 Å². The third-order valence-electron chi connectivity index (χ3n) is 2.31. The molecule has 0 spiro atoms. The highest BCUT2D eigenvalue weighted by Gasteiger charge is 2.25. The van der Waals surface area contributed by atoms with Gasteiger partial charge >= 0.3 is 0 Å². The van der Waals surface area contributed by atoms with Crippen LogP contribution >= 0.6 is 0 Å². The van der Waals surface area contributed by atoms with Crippen molar-refractivity contribution in [3.63, 3.8) is 0 Å². The SMILES string of the molecule is CC(C)C(=O)c1ccn(C2CC2)n1. The van der Waals surface area contributed by atoms with E-state index in [1.165, 1.54) is 12.8 Å². The number of nitrogens with zero attached hydrogens (tertiary/aromatic N) is 2. The zero-order valence-corrected chi connectivity index (χ0v) is 8.03. The number of carbonyl (C=O) groups excluding carboxylic acids is 1. The number of ketones is 1. The molecule has 1 fully saturated rings. The van der Waals surface area contributed by atoms with Crippen molar-refractivity contribution < 1.29 is 4.79 Å². The van der Waals surface area contributed by atoms with Crippen molar-refractivity contribution in [1.29, 1.82) is 0 Å². The number of hydrogen-bond donors (Lipinski definition) is 0. The first-order valence-corrected chi connectivity index (χ1v) is 4.78. The van der Waals surface area contributed by atoms with Crippen LogP contribution in [0.3, 0.4) is 0 Å². The number of Topliss-reactive ketones (excluding diaryl/α,β-unsaturated/α-hetero) is 1. The van der Waals surface area contributed by atoms with E-state index in [0.717, 1.165) is 0 Å². The van der Waals surface area contributed by atoms with Gasteiger partial charge in [-0.15, -0.1) is 0 Å². The summed E-state index contributed by atoms with van der Waals surface area (Å²) in [4.78, 5) is 11.5. The molecule has 0 radical (unpaired) electrons. The van der Waals surface area contributed by atoms with Crippen molar-refractivity contribution in [3.05, 3.63) is 18.0 Å². The summed E-state index contributed by atoms with van der Waals surface area (Å²) in [5, 5.41) is 4.26. The number of carbonyl (C=O) groups is 1. The lowest BCUT2D eigenvalue weighted by Gasteiger charge is -1.99. The quantitative estimate of drug-likeness (QED) is 0.664. The maximum absolute atomic E-state index is 11.5. The molecule has 0 bridgehead atoms. The van der Waals surface area contributed by atoms with Crippen LogP contribution in [-0.2, 0) is 0 Å². The Morgan fingerprint density at radius 3 is 2.85 bits per heavy atom. The topological polar surface area (TPSA) is 34.9 Å². The maximum atomic E-state index is 11.5. The molecule has 1 aliphatic carbocycles. The summed E-state index contributed by atoms with van der Waals surface area (Å²) < 4.78 is 1.91. The van der Waals surface area contributed by atoms with Gasteiger partial charge in [-0.3, -0.25) is 9.48 Å². The molecule has 0 atom stereocenters. The van der Waals surface area contributed by atoms with E-state index >= 15 is 0 Å². The van der Waals surface area contributed by atoms with Crippen LogP contribution in [0.1, 0.15) is 43.2 Å². The zero-order valence-electron chi connectivity index (χ0n) is 8.03. The Kier molecular flexibility index (Phi) is 1.94. The van der Waals surface area contributed by atoms with E-state index in [1.54, 1.807) is 0 Å². The molecule has 1 aromatic heterocycles. The molecule has 13 heavy (non-hydrogen) atoms. The molecular formula is C10H14N2O. The fourth-order valence-electron chi connectivity index (χ4n) is 1.31. The van der Waals surface area contributed by atoms with E-state index in [9.17, 15) is 4.79 Å². The van der Waals surface area contributed by atoms with Crippen LogP contribution in [0.15, 0.2) is 12.3 Å². The minimum Gasteiger partial charge on any atom is -0.292 e. The van der Waals surface area contributed by atoms with Gasteiger partial charge in [0.05, 0.1) is 6.04 Å². The van der Waals surface area contributed by atoms with Gasteiger partial charge in [-0.25, -0.2) is 0 Å². The van der Waals surface area contributed by atoms with Gasteiger partial charge in [0, 0.05) is 12.1 Å². The fraction of sp³-hybridized carbons (Fsp3) is 0.600. The van der Waals surface area contributed by atoms with Gasteiger partial charge in [0.15, 0.2) is 5.78 Å². The Hall–Kier alpha value is -1.12. The molecule has 3 nitrogen and oxygen atoms in total. The standard InChI is InChI=1S/C10H14N2O/c1-7(2)10(13)9-5-6-12(11-9)8-3-4-8/h5-8H,3-4H2,1-2H3. The summed E-state index contributed by atoms with van der Waals surface area (Å²) in [6, 6.07) is 2.38. The third-order valence-corrected chi connectivity index (χ3v) is 2.31. The van der Waals surface area contributed by atoms with Crippen molar-refractivity contribution in [2.24, 2.45) is 5.92 Å². The summed E-state index contributed by atoms with van der Waals surface area (Å²) in [6.07, 6.45) is 4.32. The van der Waals surface area contributed by atoms with Gasteiger partial charge in [-0.05, 0) is 18.9 Å². The first-order valence-electron chi connectivity index (χ1n) is 4.78. The molecule has 0 saturated heterocycles. The first kappa shape index (κ1) is 8.48. The first-order chi connectivity index (χ1) is 6.18. The molecule has 2 rings (SSSR count). The van der Waals surface area contributed by atoms with Crippen molar-refractivity contribution in [3.8, 4) is 0 Å². The van der Waals surface area contributed by atoms with Gasteiger partial charge in [-0.2, -0.15) is 5.10 Å². The summed E-state index contributed by atoms with van der Waals surface area (Å²) in [5.41, 5.74) is 0.613. The summed E-state index contributed by atoms with van der Waals surface area (Å²) >= 11 is 0. The van der Waals surface area contributed by atoms with Crippen LogP contribution in [-0.4, -0.2) is 15.6 Å². The largest absolute Gasteiger partial charge is 0.292 e. The Balaban J connectivity index is 2.16. The number of aromatic nitrogens is 2. The molecular weight excluding hydrogens is 164 g/mol. The zero-order chi connectivity index (χ0) is 9.42. The monoisotopic (exact) mass is 178 g/mol. The predicted molar refractivity (Wildman–Crippen MR) is 49.7 cm³/mol. The average Bonchev–Trinajstić information content (AvgIpc) is 2.83. The lowest BCUT2D eigenvalue weighted by Crippen LogP contribution is -2.09. The van der Waals surface area contributed by atoms with Crippen LogP contribution in [0.4, 0.5) is 0 Å². The lowest BCUT2D eigenvalue weighted by atomic mass is 10.1. The van der Waals surface area contributed by atoms with E-state index in [4.69, 9.17) is 0 Å². The highest BCUT2D eigenvalue weighted by atomic mass is 16.1. The van der Waals surface area contributed by atoms with Crippen LogP contribution in [0.25, 0.3) is 0 Å². The van der Waals surface area contributed by atoms with E-state index in [1.807, 2.05) is 30.8 Å². The summed E-state index contributed by atoms with van der Waals surface area (Å²) in [5.74, 6) is 0.182. The molecule has 1 aromatic rings. The maximum Gasteiger partial charge on any atom is 0.185 e. The van der Waals surface area contributed by atoms with Crippen LogP contribution in [0.2, 0.25) is 0 Å². The molecule has 0 aromatic carbocycles. The average molecular weight is 178 g/mol. The van der Waals surface area contributed by atoms with E-state index in [2.05, 4.69) is 5.10 Å². The molecule has 0 aliphatic heterocycles. The van der Waals surface area contributed by atoms with Crippen molar-refractivity contribution in [1.82, 2.24) is 9.78 Å². The van der Waals surface area contributed by atoms with E-state index in [-0.39, 0.29) is 11.7 Å². The van der Waals surface area contributed by atoms with Gasteiger partial charge < -0.3 is 0 Å². The number of hydrogen-bond acceptors (Lipinski definition) is 2. The van der Waals surface area contributed by atoms with Crippen molar-refractivity contribution in [2.75, 3.05) is 0 Å². The van der Waals surface area contributed by atoms with Crippen molar-refractivity contribution in [2.45, 2.75) is 32.7 Å². The van der Waals surface area contributed by atoms with Gasteiger partial charge in [0.1, 0.15) is 5.69 Å². The summed E-state index contributed by atoms with van der Waals surface area (Å²) in [6.45, 7) is 3.80. The Bertz CT molecular complexity index is 323. The van der Waals surface area contributed by atoms with E-state index in [0.29, 0.717) is 11.7 Å². The normalized spacial score (nSPS) is 16.5. The molecule has 70 valence electrons. The molecule has 1 aliphatic rings. The van der Waals surface area contributed by atoms with Gasteiger partial charge in [-0.1, -0.05) is 13.8 Å². The van der Waals surface area contributed by atoms with E-state index < -0.39 is 0 Å². The number of rotatable bonds is 3. The highest BCUT2D eigenvalue weighted by molar-refractivity contribution is 5.95. The smallest absolute Gasteiger partial charge is 0.185 e. The molecule has 1 heterocycles. The van der Waals surface area contributed by atoms with Crippen molar-refractivity contribution >= 4 is 5.78 Å². The molecule has 1 saturated carbocycles. The third kappa shape index (κ3) is 1.64. The minimum absolute atomic E-state index is 0.0440. The summed E-state index contributed by atoms with van der Waals surface area (Å²) in [7, 11) is 0. The second-order valence-electron chi connectivity index (χ2n) is 3.93. The second-order valence-corrected chi connectivity index (χ2v) is 3.93. The molecule has 0 amide bonds. The minimum atomic E-state index is 0.0440. The molecule has 3 heteroatoms. The molecule has 0 N–H and O–H groups in total. The van der Waals surface area contributed by atoms with Crippen LogP contribution in [0, 0.1) is 5.92 Å². The van der Waals surface area contributed by atoms with Gasteiger partial charge in [0.25, 0.3) is 0 Å². The fourth-order valence-corrected chi connectivity index (χ4v) is 1.31. The Morgan fingerprint density at radius 2 is 2.31 bits per heavy atom. The predicted octanol–water partition coefficient (Wildman–Crippen LogP) is 2.06. The molecule has 0 unspecified atom stereocenters. The Labute approximate surface area is 77.7 Å². The highest BCUT2D eigenvalue weighted by Crippen LogP contribution is 2.33. The van der Waals surface area contributed by atoms with Crippen LogP contribution < -0.4 is 0 Å². The van der Waals surface area contributed by atoms with Gasteiger partial charge in [0.2, 0.25) is 0 Å². The second kappa shape index (κ2) is 2.98. The Morgan fingerprint density at radius 1 is 1.62 bits per heavy atom. The lowest BCUT2D eigenvalue weighted by molar-refractivity contribution is 0.0933.